The van der Waals surface area contributed by atoms with Crippen LogP contribution in [0.1, 0.15) is 5.69 Å². The number of nitrogens with one attached hydrogen (secondary N) is 1. The van der Waals surface area contributed by atoms with Crippen molar-refractivity contribution in [1.82, 2.24) is 15.2 Å². The van der Waals surface area contributed by atoms with Crippen molar-refractivity contribution in [2.45, 2.75) is 6.54 Å². The quantitative estimate of drug-likeness (QED) is 0.854. The third-order valence-corrected chi connectivity index (χ3v) is 3.78. The molecule has 1 aromatic heterocycles. The van der Waals surface area contributed by atoms with Crippen molar-refractivity contribution < 1.29 is 4.79 Å². The van der Waals surface area contributed by atoms with Crippen molar-refractivity contribution in [2.24, 2.45) is 0 Å². The number of thioether (sulfide) groups is 1. The van der Waals surface area contributed by atoms with E-state index in [9.17, 15) is 4.79 Å². The van der Waals surface area contributed by atoms with Crippen molar-refractivity contribution in [3.05, 3.63) is 16.6 Å². The van der Waals surface area contributed by atoms with Gasteiger partial charge in [0.1, 0.15) is 0 Å². The highest BCUT2D eigenvalue weighted by molar-refractivity contribution is 7.99. The normalized spacial score (nSPS) is 16.4. The second-order valence-corrected chi connectivity index (χ2v) is 5.18. The summed E-state index contributed by atoms with van der Waals surface area (Å²) in [4.78, 5) is 17.7. The van der Waals surface area contributed by atoms with E-state index in [1.807, 2.05) is 22.0 Å². The standard InChI is InChI=1S/C9H13N3OS2/c13-9(12-1-3-14-4-2-12)10-5-8-6-15-7-11-8/h6-7H,1-5H2,(H,10,13). The highest BCUT2D eigenvalue weighted by atomic mass is 32.2. The lowest BCUT2D eigenvalue weighted by Gasteiger charge is -2.26. The maximum atomic E-state index is 11.7. The molecular formula is C9H13N3OS2. The highest BCUT2D eigenvalue weighted by Crippen LogP contribution is 2.09. The highest BCUT2D eigenvalue weighted by Gasteiger charge is 2.15. The fourth-order valence-corrected chi connectivity index (χ4v) is 2.83. The Morgan fingerprint density at radius 2 is 2.33 bits per heavy atom. The molecular weight excluding hydrogens is 230 g/mol. The van der Waals surface area contributed by atoms with Crippen LogP contribution in [0.2, 0.25) is 0 Å². The first-order valence-electron chi connectivity index (χ1n) is 4.84. The van der Waals surface area contributed by atoms with E-state index in [2.05, 4.69) is 10.3 Å². The van der Waals surface area contributed by atoms with Gasteiger partial charge >= 0.3 is 6.03 Å². The van der Waals surface area contributed by atoms with Gasteiger partial charge in [0.05, 0.1) is 17.7 Å². The van der Waals surface area contributed by atoms with Crippen molar-refractivity contribution >= 4 is 29.1 Å². The Morgan fingerprint density at radius 3 is 3.00 bits per heavy atom. The number of hydrogen-bond acceptors (Lipinski definition) is 4. The second kappa shape index (κ2) is 5.37. The number of hydrogen-bond donors (Lipinski definition) is 1. The number of carbonyl (C=O) groups excluding carboxylic acids is 1. The molecule has 0 atom stereocenters. The van der Waals surface area contributed by atoms with E-state index >= 15 is 0 Å². The lowest BCUT2D eigenvalue weighted by Crippen LogP contribution is -2.44. The molecule has 1 aromatic rings. The number of carbonyl (C=O) groups is 1. The van der Waals surface area contributed by atoms with Crippen LogP contribution >= 0.6 is 23.1 Å². The third kappa shape index (κ3) is 3.10. The molecule has 2 rings (SSSR count). The Morgan fingerprint density at radius 1 is 1.53 bits per heavy atom. The molecule has 0 spiro atoms. The topological polar surface area (TPSA) is 45.2 Å². The number of aromatic nitrogens is 1. The molecule has 0 saturated carbocycles. The summed E-state index contributed by atoms with van der Waals surface area (Å²) in [5, 5.41) is 4.83. The van der Waals surface area contributed by atoms with Crippen LogP contribution in [-0.4, -0.2) is 40.5 Å². The molecule has 1 aliphatic rings. The van der Waals surface area contributed by atoms with Gasteiger partial charge in [-0.3, -0.25) is 0 Å². The molecule has 0 unspecified atom stereocenters. The van der Waals surface area contributed by atoms with Gasteiger partial charge in [0.2, 0.25) is 0 Å². The molecule has 15 heavy (non-hydrogen) atoms. The van der Waals surface area contributed by atoms with Gasteiger partial charge in [-0.25, -0.2) is 9.78 Å². The van der Waals surface area contributed by atoms with Gasteiger partial charge in [0, 0.05) is 30.0 Å². The van der Waals surface area contributed by atoms with Gasteiger partial charge < -0.3 is 10.2 Å². The van der Waals surface area contributed by atoms with Crippen molar-refractivity contribution in [1.29, 1.82) is 0 Å². The SMILES string of the molecule is O=C(NCc1cscn1)N1CCSCC1. The monoisotopic (exact) mass is 243 g/mol. The average Bonchev–Trinajstić information content (AvgIpc) is 2.80. The molecule has 1 N–H and O–H groups in total. The van der Waals surface area contributed by atoms with Crippen LogP contribution in [0.25, 0.3) is 0 Å². The van der Waals surface area contributed by atoms with Gasteiger partial charge in [0.25, 0.3) is 0 Å². The maximum Gasteiger partial charge on any atom is 0.317 e. The van der Waals surface area contributed by atoms with Gasteiger partial charge in [-0.1, -0.05) is 0 Å². The first kappa shape index (κ1) is 10.8. The predicted octanol–water partition coefficient (Wildman–Crippen LogP) is 1.40. The van der Waals surface area contributed by atoms with E-state index in [1.165, 1.54) is 0 Å². The number of thiazole rings is 1. The largest absolute Gasteiger partial charge is 0.332 e. The van der Waals surface area contributed by atoms with Crippen LogP contribution in [0.4, 0.5) is 4.79 Å². The second-order valence-electron chi connectivity index (χ2n) is 3.24. The zero-order chi connectivity index (χ0) is 10.5. The van der Waals surface area contributed by atoms with E-state index in [4.69, 9.17) is 0 Å². The van der Waals surface area contributed by atoms with Gasteiger partial charge in [-0.2, -0.15) is 11.8 Å². The Bertz CT molecular complexity index is 309. The Hall–Kier alpha value is -0.750. The van der Waals surface area contributed by atoms with Gasteiger partial charge in [-0.15, -0.1) is 11.3 Å². The Balaban J connectivity index is 1.76. The van der Waals surface area contributed by atoms with Crippen molar-refractivity contribution in [3.8, 4) is 0 Å². The van der Waals surface area contributed by atoms with Crippen LogP contribution in [-0.2, 0) is 6.54 Å². The maximum absolute atomic E-state index is 11.7. The molecule has 2 amide bonds. The summed E-state index contributed by atoms with van der Waals surface area (Å²) in [6.45, 7) is 2.24. The molecule has 2 heterocycles. The number of amides is 2. The molecule has 1 fully saturated rings. The molecule has 4 nitrogen and oxygen atoms in total. The molecule has 82 valence electrons. The van der Waals surface area contributed by atoms with Crippen LogP contribution in [0.3, 0.4) is 0 Å². The number of urea groups is 1. The molecule has 1 aliphatic heterocycles. The van der Waals surface area contributed by atoms with E-state index in [0.29, 0.717) is 6.54 Å². The summed E-state index contributed by atoms with van der Waals surface area (Å²) in [5.74, 6) is 2.09. The molecule has 0 bridgehead atoms. The average molecular weight is 243 g/mol. The van der Waals surface area contributed by atoms with Crippen LogP contribution in [0.5, 0.6) is 0 Å². The van der Waals surface area contributed by atoms with Gasteiger partial charge in [0.15, 0.2) is 0 Å². The van der Waals surface area contributed by atoms with Crippen molar-refractivity contribution in [3.63, 3.8) is 0 Å². The zero-order valence-corrected chi connectivity index (χ0v) is 9.94. The fraction of sp³-hybridized carbons (Fsp3) is 0.556. The summed E-state index contributed by atoms with van der Waals surface area (Å²) in [5.41, 5.74) is 2.71. The minimum atomic E-state index is 0.0308. The predicted molar refractivity (Wildman–Crippen MR) is 63.2 cm³/mol. The summed E-state index contributed by atoms with van der Waals surface area (Å²) in [7, 11) is 0. The van der Waals surface area contributed by atoms with Crippen LogP contribution in [0.15, 0.2) is 10.9 Å². The minimum Gasteiger partial charge on any atom is -0.332 e. The van der Waals surface area contributed by atoms with Crippen molar-refractivity contribution in [2.75, 3.05) is 24.6 Å². The fourth-order valence-electron chi connectivity index (χ4n) is 1.37. The lowest BCUT2D eigenvalue weighted by atomic mass is 10.5. The smallest absolute Gasteiger partial charge is 0.317 e. The van der Waals surface area contributed by atoms with Crippen LogP contribution < -0.4 is 5.32 Å². The third-order valence-electron chi connectivity index (χ3n) is 2.20. The molecule has 0 aromatic carbocycles. The first-order chi connectivity index (χ1) is 7.36. The molecule has 6 heteroatoms. The summed E-state index contributed by atoms with van der Waals surface area (Å²) in [6, 6.07) is 0.0308. The van der Waals surface area contributed by atoms with E-state index in [-0.39, 0.29) is 6.03 Å². The van der Waals surface area contributed by atoms with E-state index < -0.39 is 0 Å². The summed E-state index contributed by atoms with van der Waals surface area (Å²) in [6.07, 6.45) is 0. The molecule has 0 aliphatic carbocycles. The molecule has 0 radical (unpaired) electrons. The summed E-state index contributed by atoms with van der Waals surface area (Å²) < 4.78 is 0. The van der Waals surface area contributed by atoms with E-state index in [0.717, 1.165) is 30.3 Å². The molecule has 1 saturated heterocycles. The Labute approximate surface area is 97.1 Å². The summed E-state index contributed by atoms with van der Waals surface area (Å²) >= 11 is 3.45. The number of nitrogens with zero attached hydrogens (tertiary/aromatic N) is 2. The van der Waals surface area contributed by atoms with Crippen LogP contribution in [0, 0.1) is 0 Å². The number of rotatable bonds is 2. The lowest BCUT2D eigenvalue weighted by molar-refractivity contribution is 0.202. The van der Waals surface area contributed by atoms with E-state index in [1.54, 1.807) is 16.8 Å². The van der Waals surface area contributed by atoms with Gasteiger partial charge in [-0.05, 0) is 0 Å². The Kier molecular flexibility index (Phi) is 3.85. The zero-order valence-electron chi connectivity index (χ0n) is 8.31. The first-order valence-corrected chi connectivity index (χ1v) is 6.93. The minimum absolute atomic E-state index is 0.0308.